The summed E-state index contributed by atoms with van der Waals surface area (Å²) >= 11 is 0. The van der Waals surface area contributed by atoms with Crippen molar-refractivity contribution in [3.63, 3.8) is 0 Å². The molecule has 0 unspecified atom stereocenters. The van der Waals surface area contributed by atoms with E-state index >= 15 is 0 Å². The molecule has 132 valence electrons. The maximum atomic E-state index is 12.9. The van der Waals surface area contributed by atoms with Crippen LogP contribution in [0, 0.1) is 17.8 Å². The number of hydrogen-bond donors (Lipinski definition) is 1. The molecule has 1 aliphatic heterocycles. The van der Waals surface area contributed by atoms with E-state index in [1.54, 1.807) is 0 Å². The second kappa shape index (κ2) is 7.20. The minimum atomic E-state index is -0.620. The van der Waals surface area contributed by atoms with Crippen molar-refractivity contribution in [2.24, 2.45) is 17.8 Å². The van der Waals surface area contributed by atoms with Crippen molar-refractivity contribution in [3.05, 3.63) is 0 Å². The molecule has 1 spiro atoms. The summed E-state index contributed by atoms with van der Waals surface area (Å²) in [6, 6.07) is -0.206. The average Bonchev–Trinajstić information content (AvgIpc) is 2.66. The van der Waals surface area contributed by atoms with Crippen LogP contribution in [0.1, 0.15) is 60.3 Å². The molecule has 3 amide bonds. The van der Waals surface area contributed by atoms with Gasteiger partial charge in [0.1, 0.15) is 5.54 Å². The molecule has 5 nitrogen and oxygen atoms in total. The fraction of sp³-hybridized carbons (Fsp3) is 0.889. The Morgan fingerprint density at radius 3 is 2.13 bits per heavy atom. The number of hydrogen-bond acceptors (Lipinski definition) is 3. The fourth-order valence-electron chi connectivity index (χ4n) is 3.82. The molecule has 0 radical (unpaired) electrons. The highest BCUT2D eigenvalue weighted by atomic mass is 16.2. The molecule has 2 fully saturated rings. The van der Waals surface area contributed by atoms with E-state index < -0.39 is 5.54 Å². The number of nitrogens with zero attached hydrogens (tertiary/aromatic N) is 2. The normalized spacial score (nSPS) is 28.5. The van der Waals surface area contributed by atoms with Gasteiger partial charge in [-0.15, -0.1) is 0 Å². The van der Waals surface area contributed by atoms with E-state index in [4.69, 9.17) is 0 Å². The molecule has 23 heavy (non-hydrogen) atoms. The Morgan fingerprint density at radius 2 is 1.65 bits per heavy atom. The van der Waals surface area contributed by atoms with Crippen LogP contribution in [0.3, 0.4) is 0 Å². The summed E-state index contributed by atoms with van der Waals surface area (Å²) in [7, 11) is 0. The predicted octanol–water partition coefficient (Wildman–Crippen LogP) is 3.06. The highest BCUT2D eigenvalue weighted by Gasteiger charge is 2.52. The van der Waals surface area contributed by atoms with Gasteiger partial charge >= 0.3 is 6.03 Å². The summed E-state index contributed by atoms with van der Waals surface area (Å²) in [5, 5.41) is 3.01. The maximum absolute atomic E-state index is 12.9. The molecule has 2 rings (SSSR count). The van der Waals surface area contributed by atoms with E-state index in [-0.39, 0.29) is 11.9 Å². The first-order chi connectivity index (χ1) is 10.7. The number of imide groups is 1. The lowest BCUT2D eigenvalue weighted by Crippen LogP contribution is -2.50. The Labute approximate surface area is 140 Å². The van der Waals surface area contributed by atoms with Crippen molar-refractivity contribution in [1.29, 1.82) is 0 Å². The summed E-state index contributed by atoms with van der Waals surface area (Å²) in [6.07, 6.45) is 3.59. The molecule has 5 heteroatoms. The smallest absolute Gasteiger partial charge is 0.323 e. The van der Waals surface area contributed by atoms with Crippen LogP contribution in [0.25, 0.3) is 0 Å². The van der Waals surface area contributed by atoms with Crippen LogP contribution in [0.4, 0.5) is 4.79 Å². The Balaban J connectivity index is 2.06. The van der Waals surface area contributed by atoms with Crippen LogP contribution >= 0.6 is 0 Å². The zero-order chi connectivity index (χ0) is 17.2. The fourth-order valence-corrected chi connectivity index (χ4v) is 3.82. The molecule has 1 heterocycles. The van der Waals surface area contributed by atoms with Gasteiger partial charge in [0.25, 0.3) is 5.91 Å². The Bertz CT molecular complexity index is 430. The van der Waals surface area contributed by atoms with Crippen LogP contribution < -0.4 is 5.32 Å². The van der Waals surface area contributed by atoms with Crippen LogP contribution in [0.2, 0.25) is 0 Å². The lowest BCUT2D eigenvalue weighted by Gasteiger charge is -2.34. The quantitative estimate of drug-likeness (QED) is 0.764. The first-order valence-electron chi connectivity index (χ1n) is 9.10. The number of amides is 3. The first-order valence-corrected chi connectivity index (χ1v) is 9.10. The third-order valence-electron chi connectivity index (χ3n) is 4.96. The van der Waals surface area contributed by atoms with Gasteiger partial charge in [-0.1, -0.05) is 34.6 Å². The Morgan fingerprint density at radius 1 is 1.13 bits per heavy atom. The molecule has 0 aromatic heterocycles. The van der Waals surface area contributed by atoms with E-state index in [1.165, 1.54) is 4.90 Å². The summed E-state index contributed by atoms with van der Waals surface area (Å²) in [6.45, 7) is 13.1. The second-order valence-electron chi connectivity index (χ2n) is 8.39. The van der Waals surface area contributed by atoms with Crippen molar-refractivity contribution >= 4 is 11.9 Å². The minimum Gasteiger partial charge on any atom is -0.323 e. The van der Waals surface area contributed by atoms with E-state index in [0.29, 0.717) is 24.4 Å². The maximum Gasteiger partial charge on any atom is 0.326 e. The Hall–Kier alpha value is -1.10. The number of carbonyl (C=O) groups excluding carboxylic acids is 2. The van der Waals surface area contributed by atoms with Crippen molar-refractivity contribution in [1.82, 2.24) is 15.1 Å². The molecule has 1 aliphatic carbocycles. The zero-order valence-corrected chi connectivity index (χ0v) is 15.4. The molecule has 1 saturated heterocycles. The topological polar surface area (TPSA) is 52.6 Å². The largest absolute Gasteiger partial charge is 0.326 e. The summed E-state index contributed by atoms with van der Waals surface area (Å²) in [4.78, 5) is 29.0. The van der Waals surface area contributed by atoms with Crippen molar-refractivity contribution in [2.75, 3.05) is 19.8 Å². The number of urea groups is 1. The molecule has 0 aromatic rings. The second-order valence-corrected chi connectivity index (χ2v) is 8.39. The molecule has 0 atom stereocenters. The molecule has 2 aliphatic rings. The standard InChI is InChI=1S/C18H33N3O2/c1-13(2)10-20(11-14(3)4)12-21-16(22)18(19-17(21)23)8-6-15(5)7-9-18/h13-15H,6-12H2,1-5H3,(H,19,23). The third-order valence-corrected chi connectivity index (χ3v) is 4.96. The van der Waals surface area contributed by atoms with Crippen LogP contribution in [0.15, 0.2) is 0 Å². The highest BCUT2D eigenvalue weighted by molar-refractivity contribution is 6.07. The minimum absolute atomic E-state index is 0.00749. The van der Waals surface area contributed by atoms with Gasteiger partial charge in [0.15, 0.2) is 0 Å². The van der Waals surface area contributed by atoms with E-state index in [0.717, 1.165) is 38.8 Å². The third kappa shape index (κ3) is 4.25. The van der Waals surface area contributed by atoms with Gasteiger partial charge in [0, 0.05) is 13.1 Å². The van der Waals surface area contributed by atoms with Gasteiger partial charge in [-0.25, -0.2) is 9.69 Å². The molecule has 0 aromatic carbocycles. The monoisotopic (exact) mass is 323 g/mol. The van der Waals surface area contributed by atoms with Gasteiger partial charge in [-0.05, 0) is 43.4 Å². The van der Waals surface area contributed by atoms with Crippen LogP contribution in [-0.4, -0.2) is 47.0 Å². The van der Waals surface area contributed by atoms with Gasteiger partial charge in [0.2, 0.25) is 0 Å². The predicted molar refractivity (Wildman–Crippen MR) is 91.9 cm³/mol. The molecule has 1 saturated carbocycles. The molecule has 1 N–H and O–H groups in total. The lowest BCUT2D eigenvalue weighted by atomic mass is 9.77. The van der Waals surface area contributed by atoms with E-state index in [2.05, 4.69) is 44.8 Å². The van der Waals surface area contributed by atoms with Crippen LogP contribution in [0.5, 0.6) is 0 Å². The summed E-state index contributed by atoms with van der Waals surface area (Å²) in [5.41, 5.74) is -0.620. The average molecular weight is 323 g/mol. The van der Waals surface area contributed by atoms with E-state index in [9.17, 15) is 9.59 Å². The number of rotatable bonds is 6. The molecule has 0 bridgehead atoms. The van der Waals surface area contributed by atoms with Crippen molar-refractivity contribution in [2.45, 2.75) is 65.8 Å². The van der Waals surface area contributed by atoms with Gasteiger partial charge in [-0.2, -0.15) is 0 Å². The number of nitrogens with one attached hydrogen (secondary N) is 1. The van der Waals surface area contributed by atoms with Crippen molar-refractivity contribution < 1.29 is 9.59 Å². The van der Waals surface area contributed by atoms with Gasteiger partial charge in [-0.3, -0.25) is 9.69 Å². The van der Waals surface area contributed by atoms with Gasteiger partial charge < -0.3 is 5.32 Å². The number of carbonyl (C=O) groups is 2. The first kappa shape index (κ1) is 18.2. The highest BCUT2D eigenvalue weighted by Crippen LogP contribution is 2.36. The van der Waals surface area contributed by atoms with Gasteiger partial charge in [0.05, 0.1) is 6.67 Å². The summed E-state index contributed by atoms with van der Waals surface area (Å²) < 4.78 is 0. The molecular weight excluding hydrogens is 290 g/mol. The Kier molecular flexibility index (Phi) is 5.71. The summed E-state index contributed by atoms with van der Waals surface area (Å²) in [5.74, 6) is 1.67. The van der Waals surface area contributed by atoms with E-state index in [1.807, 2.05) is 0 Å². The molecular formula is C18H33N3O2. The van der Waals surface area contributed by atoms with Crippen molar-refractivity contribution in [3.8, 4) is 0 Å². The lowest BCUT2D eigenvalue weighted by molar-refractivity contribution is -0.134. The zero-order valence-electron chi connectivity index (χ0n) is 15.4. The SMILES string of the molecule is CC(C)CN(CC(C)C)CN1C(=O)NC2(CCC(C)CC2)C1=O. The van der Waals surface area contributed by atoms with Crippen LogP contribution in [-0.2, 0) is 4.79 Å².